The third-order valence-corrected chi connectivity index (χ3v) is 4.02. The number of aromatic nitrogens is 3. The Kier molecular flexibility index (Phi) is 5.56. The molecule has 5 nitrogen and oxygen atoms in total. The summed E-state index contributed by atoms with van der Waals surface area (Å²) < 4.78 is 45.3. The molecule has 1 N–H and O–H groups in total. The normalized spacial score (nSPS) is 11.9. The minimum absolute atomic E-state index is 0.0108. The maximum atomic E-state index is 13.4. The molecule has 0 saturated carbocycles. The number of fused-ring (bicyclic) bond motifs is 1. The molecule has 2 aromatic heterocycles. The first kappa shape index (κ1) is 19.7. The average Bonchev–Trinajstić information content (AvgIpc) is 3.08. The molecule has 0 saturated heterocycles. The summed E-state index contributed by atoms with van der Waals surface area (Å²) in [6.07, 6.45) is -1.27. The Morgan fingerprint density at radius 1 is 1.29 bits per heavy atom. The van der Waals surface area contributed by atoms with Crippen LogP contribution in [-0.4, -0.2) is 27.4 Å². The van der Waals surface area contributed by atoms with Crippen molar-refractivity contribution in [2.24, 2.45) is 0 Å². The lowest BCUT2D eigenvalue weighted by atomic mass is 10.1. The first-order chi connectivity index (χ1) is 13.4. The van der Waals surface area contributed by atoms with Gasteiger partial charge in [-0.3, -0.25) is 0 Å². The molecule has 9 heteroatoms. The molecule has 3 rings (SSSR count). The van der Waals surface area contributed by atoms with Crippen LogP contribution in [0.3, 0.4) is 0 Å². The summed E-state index contributed by atoms with van der Waals surface area (Å²) in [5.74, 6) is 0.502. The van der Waals surface area contributed by atoms with Crippen molar-refractivity contribution in [3.05, 3.63) is 47.4 Å². The van der Waals surface area contributed by atoms with Gasteiger partial charge in [0.25, 0.3) is 0 Å². The van der Waals surface area contributed by atoms with E-state index in [-0.39, 0.29) is 35.2 Å². The van der Waals surface area contributed by atoms with Crippen molar-refractivity contribution in [3.63, 3.8) is 0 Å². The van der Waals surface area contributed by atoms with Crippen molar-refractivity contribution in [3.8, 4) is 23.1 Å². The van der Waals surface area contributed by atoms with E-state index in [1.54, 1.807) is 25.1 Å². The third kappa shape index (κ3) is 3.94. The molecule has 0 atom stereocenters. The van der Waals surface area contributed by atoms with E-state index < -0.39 is 11.7 Å². The van der Waals surface area contributed by atoms with Crippen molar-refractivity contribution >= 4 is 28.7 Å². The molecule has 2 heterocycles. The fraction of sp³-hybridized carbons (Fsp3) is 0.211. The Morgan fingerprint density at radius 3 is 2.71 bits per heavy atom. The van der Waals surface area contributed by atoms with E-state index in [2.05, 4.69) is 15.0 Å². The van der Waals surface area contributed by atoms with Gasteiger partial charge in [-0.2, -0.15) is 18.4 Å². The largest absolute Gasteiger partial charge is 0.493 e. The Bertz CT molecular complexity index is 1080. The van der Waals surface area contributed by atoms with Gasteiger partial charge < -0.3 is 9.72 Å². The molecule has 0 spiro atoms. The van der Waals surface area contributed by atoms with Crippen LogP contribution in [0.4, 0.5) is 13.2 Å². The lowest BCUT2D eigenvalue weighted by Gasteiger charge is -2.14. The molecule has 0 unspecified atom stereocenters. The number of hydrogen-bond acceptors (Lipinski definition) is 4. The molecule has 0 radical (unpaired) electrons. The number of ether oxygens (including phenoxy) is 1. The SMILES string of the molecule is CCOc1ccc(-c2cc3[nH]c(/C=C/CCl)nc3c(C#N)n2)cc1C(F)(F)F. The van der Waals surface area contributed by atoms with Crippen molar-refractivity contribution < 1.29 is 17.9 Å². The van der Waals surface area contributed by atoms with Gasteiger partial charge >= 0.3 is 6.18 Å². The Balaban J connectivity index is 2.15. The van der Waals surface area contributed by atoms with E-state index in [1.165, 1.54) is 12.1 Å². The van der Waals surface area contributed by atoms with Gasteiger partial charge in [0.2, 0.25) is 0 Å². The first-order valence-electron chi connectivity index (χ1n) is 8.25. The summed E-state index contributed by atoms with van der Waals surface area (Å²) in [4.78, 5) is 11.4. The summed E-state index contributed by atoms with van der Waals surface area (Å²) in [5.41, 5.74) is 0.357. The van der Waals surface area contributed by atoms with Crippen molar-refractivity contribution in [1.29, 1.82) is 5.26 Å². The van der Waals surface area contributed by atoms with Gasteiger partial charge in [-0.1, -0.05) is 6.08 Å². The molecule has 0 aliphatic rings. The smallest absolute Gasteiger partial charge is 0.419 e. The topological polar surface area (TPSA) is 74.6 Å². The zero-order chi connectivity index (χ0) is 20.3. The van der Waals surface area contributed by atoms with Crippen LogP contribution >= 0.6 is 11.6 Å². The molecule has 0 aliphatic carbocycles. The number of benzene rings is 1. The summed E-state index contributed by atoms with van der Waals surface area (Å²) in [7, 11) is 0. The summed E-state index contributed by atoms with van der Waals surface area (Å²) >= 11 is 5.61. The number of pyridine rings is 1. The predicted octanol–water partition coefficient (Wildman–Crippen LogP) is 5.17. The van der Waals surface area contributed by atoms with Gasteiger partial charge in [0, 0.05) is 11.4 Å². The highest BCUT2D eigenvalue weighted by molar-refractivity contribution is 6.19. The standard InChI is InChI=1S/C19H14ClF3N4O/c1-2-28-16-6-5-11(8-12(16)19(21,22)23)13-9-14-18(15(10-24)25-13)27-17(26-14)4-3-7-20/h3-6,8-9H,2,7H2,1H3,(H,26,27)/b4-3+. The van der Waals surface area contributed by atoms with E-state index in [0.29, 0.717) is 16.9 Å². The summed E-state index contributed by atoms with van der Waals surface area (Å²) in [6, 6.07) is 7.17. The summed E-state index contributed by atoms with van der Waals surface area (Å²) in [6.45, 7) is 1.72. The van der Waals surface area contributed by atoms with Crippen LogP contribution in [0, 0.1) is 11.3 Å². The number of aromatic amines is 1. The van der Waals surface area contributed by atoms with E-state index in [1.807, 2.05) is 6.07 Å². The van der Waals surface area contributed by atoms with Crippen LogP contribution in [0.25, 0.3) is 28.4 Å². The van der Waals surface area contributed by atoms with Crippen molar-refractivity contribution in [1.82, 2.24) is 15.0 Å². The Labute approximate surface area is 163 Å². The minimum atomic E-state index is -4.59. The lowest BCUT2D eigenvalue weighted by molar-refractivity contribution is -0.138. The van der Waals surface area contributed by atoms with E-state index in [4.69, 9.17) is 16.3 Å². The summed E-state index contributed by atoms with van der Waals surface area (Å²) in [5, 5.41) is 9.38. The van der Waals surface area contributed by atoms with Crippen LogP contribution in [-0.2, 0) is 6.18 Å². The van der Waals surface area contributed by atoms with E-state index in [0.717, 1.165) is 6.07 Å². The predicted molar refractivity (Wildman–Crippen MR) is 100.0 cm³/mol. The zero-order valence-electron chi connectivity index (χ0n) is 14.6. The number of H-pyrrole nitrogens is 1. The van der Waals surface area contributed by atoms with Crippen LogP contribution in [0.5, 0.6) is 5.75 Å². The van der Waals surface area contributed by atoms with Gasteiger partial charge in [-0.05, 0) is 37.3 Å². The van der Waals surface area contributed by atoms with E-state index >= 15 is 0 Å². The molecule has 0 amide bonds. The molecule has 28 heavy (non-hydrogen) atoms. The second kappa shape index (κ2) is 7.90. The minimum Gasteiger partial charge on any atom is -0.493 e. The molecule has 0 bridgehead atoms. The lowest BCUT2D eigenvalue weighted by Crippen LogP contribution is -2.09. The molecular weight excluding hydrogens is 393 g/mol. The van der Waals surface area contributed by atoms with Crippen LogP contribution in [0.15, 0.2) is 30.3 Å². The monoisotopic (exact) mass is 406 g/mol. The van der Waals surface area contributed by atoms with Gasteiger partial charge in [0.15, 0.2) is 5.69 Å². The maximum Gasteiger partial charge on any atom is 0.419 e. The molecule has 1 aromatic carbocycles. The number of nitrogens with one attached hydrogen (secondary N) is 1. The highest BCUT2D eigenvalue weighted by Gasteiger charge is 2.35. The Hall–Kier alpha value is -3.05. The number of nitrogens with zero attached hydrogens (tertiary/aromatic N) is 3. The molecule has 144 valence electrons. The zero-order valence-corrected chi connectivity index (χ0v) is 15.4. The molecule has 0 fully saturated rings. The van der Waals surface area contributed by atoms with Crippen LogP contribution < -0.4 is 4.74 Å². The third-order valence-electron chi connectivity index (χ3n) is 3.84. The highest BCUT2D eigenvalue weighted by atomic mass is 35.5. The fourth-order valence-electron chi connectivity index (χ4n) is 2.69. The second-order valence-corrected chi connectivity index (χ2v) is 5.99. The van der Waals surface area contributed by atoms with Crippen molar-refractivity contribution in [2.45, 2.75) is 13.1 Å². The van der Waals surface area contributed by atoms with Gasteiger partial charge in [-0.15, -0.1) is 11.6 Å². The number of alkyl halides is 4. The van der Waals surface area contributed by atoms with Crippen LogP contribution in [0.2, 0.25) is 0 Å². The van der Waals surface area contributed by atoms with Crippen molar-refractivity contribution in [2.75, 3.05) is 12.5 Å². The molecule has 3 aromatic rings. The quantitative estimate of drug-likeness (QED) is 0.593. The fourth-order valence-corrected chi connectivity index (χ4v) is 2.78. The van der Waals surface area contributed by atoms with Gasteiger partial charge in [-0.25, -0.2) is 9.97 Å². The maximum absolute atomic E-state index is 13.4. The number of allylic oxidation sites excluding steroid dienone is 1. The Morgan fingerprint density at radius 2 is 2.07 bits per heavy atom. The molecular formula is C19H14ClF3N4O. The second-order valence-electron chi connectivity index (χ2n) is 5.68. The van der Waals surface area contributed by atoms with E-state index in [9.17, 15) is 18.4 Å². The number of rotatable bonds is 5. The number of imidazole rings is 1. The average molecular weight is 407 g/mol. The molecule has 0 aliphatic heterocycles. The number of nitriles is 1. The number of hydrogen-bond donors (Lipinski definition) is 1. The first-order valence-corrected chi connectivity index (χ1v) is 8.78. The highest BCUT2D eigenvalue weighted by Crippen LogP contribution is 2.39. The van der Waals surface area contributed by atoms with Gasteiger partial charge in [0.1, 0.15) is 23.2 Å². The van der Waals surface area contributed by atoms with Gasteiger partial charge in [0.05, 0.1) is 23.4 Å². The number of halogens is 4. The van der Waals surface area contributed by atoms with Crippen LogP contribution in [0.1, 0.15) is 24.0 Å².